The summed E-state index contributed by atoms with van der Waals surface area (Å²) >= 11 is 6.00. The lowest BCUT2D eigenvalue weighted by Crippen LogP contribution is -2.36. The molecule has 1 fully saturated rings. The molecule has 2 aromatic carbocycles. The van der Waals surface area contributed by atoms with E-state index in [1.165, 1.54) is 30.2 Å². The molecule has 150 valence electrons. The zero-order valence-electron chi connectivity index (χ0n) is 15.7. The Morgan fingerprint density at radius 1 is 1.21 bits per heavy atom. The van der Waals surface area contributed by atoms with Crippen LogP contribution in [0.15, 0.2) is 36.4 Å². The number of halogens is 1. The van der Waals surface area contributed by atoms with Crippen molar-refractivity contribution >= 4 is 35.0 Å². The molecule has 1 saturated heterocycles. The predicted molar refractivity (Wildman–Crippen MR) is 107 cm³/mol. The van der Waals surface area contributed by atoms with Crippen molar-refractivity contribution in [2.75, 3.05) is 25.6 Å². The van der Waals surface area contributed by atoms with E-state index < -0.39 is 11.8 Å². The smallest absolute Gasteiger partial charge is 0.261 e. The molecule has 0 aliphatic carbocycles. The van der Waals surface area contributed by atoms with E-state index >= 15 is 0 Å². The number of ether oxygens (including phenoxy) is 2. The van der Waals surface area contributed by atoms with E-state index in [4.69, 9.17) is 21.1 Å². The number of carbonyl (C=O) groups excluding carboxylic acids is 3. The van der Waals surface area contributed by atoms with Crippen LogP contribution in [-0.4, -0.2) is 49.0 Å². The maximum absolute atomic E-state index is 12.8. The van der Waals surface area contributed by atoms with Crippen LogP contribution in [0.4, 0.5) is 5.69 Å². The number of hydrogen-bond acceptors (Lipinski definition) is 5. The van der Waals surface area contributed by atoms with Gasteiger partial charge in [-0.05, 0) is 49.2 Å². The predicted octanol–water partition coefficient (Wildman–Crippen LogP) is 3.38. The van der Waals surface area contributed by atoms with Crippen molar-refractivity contribution in [1.82, 2.24) is 4.90 Å². The highest BCUT2D eigenvalue weighted by Gasteiger charge is 2.38. The van der Waals surface area contributed by atoms with Gasteiger partial charge in [0, 0.05) is 17.2 Å². The van der Waals surface area contributed by atoms with E-state index in [1.54, 1.807) is 18.2 Å². The largest absolute Gasteiger partial charge is 0.495 e. The van der Waals surface area contributed by atoms with E-state index in [-0.39, 0.29) is 29.7 Å². The minimum atomic E-state index is -0.439. The van der Waals surface area contributed by atoms with Gasteiger partial charge in [0.2, 0.25) is 0 Å². The Bertz CT molecular complexity index is 1000. The molecule has 1 N–H and O–H groups in total. The summed E-state index contributed by atoms with van der Waals surface area (Å²) in [5.41, 5.74) is 1.18. The molecule has 2 heterocycles. The molecule has 1 unspecified atom stereocenters. The van der Waals surface area contributed by atoms with Gasteiger partial charge in [0.1, 0.15) is 5.75 Å². The Kier molecular flexibility index (Phi) is 5.25. The van der Waals surface area contributed by atoms with Crippen LogP contribution in [0.5, 0.6) is 5.75 Å². The number of imide groups is 1. The van der Waals surface area contributed by atoms with Gasteiger partial charge < -0.3 is 14.8 Å². The van der Waals surface area contributed by atoms with Gasteiger partial charge in [-0.3, -0.25) is 19.3 Å². The van der Waals surface area contributed by atoms with Crippen molar-refractivity contribution in [3.63, 3.8) is 0 Å². The second kappa shape index (κ2) is 7.85. The van der Waals surface area contributed by atoms with Crippen LogP contribution in [0.25, 0.3) is 0 Å². The number of benzene rings is 2. The molecule has 3 amide bonds. The molecule has 2 aliphatic heterocycles. The third kappa shape index (κ3) is 3.71. The van der Waals surface area contributed by atoms with Gasteiger partial charge in [0.15, 0.2) is 0 Å². The highest BCUT2D eigenvalue weighted by Crippen LogP contribution is 2.29. The molecular weight excluding hydrogens is 396 g/mol. The first-order chi connectivity index (χ1) is 14.0. The Labute approximate surface area is 172 Å². The van der Waals surface area contributed by atoms with Gasteiger partial charge in [0.25, 0.3) is 17.7 Å². The summed E-state index contributed by atoms with van der Waals surface area (Å²) in [6, 6.07) is 9.34. The number of anilines is 1. The topological polar surface area (TPSA) is 84.9 Å². The zero-order chi connectivity index (χ0) is 20.5. The normalized spacial score (nSPS) is 18.1. The molecule has 7 nitrogen and oxygen atoms in total. The van der Waals surface area contributed by atoms with Crippen LogP contribution in [0.3, 0.4) is 0 Å². The molecule has 2 aliphatic rings. The number of nitrogens with zero attached hydrogens (tertiary/aromatic N) is 1. The van der Waals surface area contributed by atoms with Crippen molar-refractivity contribution in [2.45, 2.75) is 18.9 Å². The average Bonchev–Trinajstić information content (AvgIpc) is 3.31. The summed E-state index contributed by atoms with van der Waals surface area (Å²) < 4.78 is 10.8. The minimum Gasteiger partial charge on any atom is -0.495 e. The lowest BCUT2D eigenvalue weighted by molar-refractivity contribution is 0.0475. The number of methoxy groups -OCH3 is 1. The molecule has 4 rings (SSSR count). The minimum absolute atomic E-state index is 0.129. The second-order valence-corrected chi connectivity index (χ2v) is 7.35. The first-order valence-electron chi connectivity index (χ1n) is 9.24. The van der Waals surface area contributed by atoms with Crippen molar-refractivity contribution in [1.29, 1.82) is 0 Å². The fourth-order valence-electron chi connectivity index (χ4n) is 3.56. The second-order valence-electron chi connectivity index (χ2n) is 6.92. The molecule has 29 heavy (non-hydrogen) atoms. The van der Waals surface area contributed by atoms with Gasteiger partial charge in [-0.15, -0.1) is 0 Å². The molecule has 1 atom stereocenters. The third-order valence-electron chi connectivity index (χ3n) is 5.05. The summed E-state index contributed by atoms with van der Waals surface area (Å²) in [7, 11) is 1.49. The van der Waals surface area contributed by atoms with Crippen LogP contribution in [0, 0.1) is 0 Å². The van der Waals surface area contributed by atoms with Gasteiger partial charge in [0.05, 0.1) is 36.6 Å². The number of carbonyl (C=O) groups is 3. The third-order valence-corrected chi connectivity index (χ3v) is 5.29. The average molecular weight is 415 g/mol. The molecule has 0 radical (unpaired) electrons. The van der Waals surface area contributed by atoms with E-state index in [9.17, 15) is 14.4 Å². The summed E-state index contributed by atoms with van der Waals surface area (Å²) in [5, 5.41) is 3.17. The molecule has 2 aromatic rings. The Hall–Kier alpha value is -2.90. The highest BCUT2D eigenvalue weighted by molar-refractivity contribution is 6.31. The summed E-state index contributed by atoms with van der Waals surface area (Å²) in [4.78, 5) is 39.3. The molecule has 0 saturated carbocycles. The highest BCUT2D eigenvalue weighted by atomic mass is 35.5. The number of rotatable bonds is 5. The fraction of sp³-hybridized carbons (Fsp3) is 0.286. The summed E-state index contributed by atoms with van der Waals surface area (Å²) in [5.74, 6) is -0.747. The maximum Gasteiger partial charge on any atom is 0.261 e. The van der Waals surface area contributed by atoms with Crippen molar-refractivity contribution in [3.8, 4) is 5.75 Å². The van der Waals surface area contributed by atoms with Crippen molar-refractivity contribution < 1.29 is 23.9 Å². The molecule has 0 spiro atoms. The first-order valence-corrected chi connectivity index (χ1v) is 9.62. The van der Waals surface area contributed by atoms with E-state index in [0.29, 0.717) is 28.6 Å². The fourth-order valence-corrected chi connectivity index (χ4v) is 3.73. The zero-order valence-corrected chi connectivity index (χ0v) is 16.5. The quantitative estimate of drug-likeness (QED) is 0.758. The summed E-state index contributed by atoms with van der Waals surface area (Å²) in [6.07, 6.45) is 1.61. The lowest BCUT2D eigenvalue weighted by Gasteiger charge is -2.17. The van der Waals surface area contributed by atoms with Gasteiger partial charge in [-0.25, -0.2) is 0 Å². The number of hydrogen-bond donors (Lipinski definition) is 1. The summed E-state index contributed by atoms with van der Waals surface area (Å²) in [6.45, 7) is 0.874. The molecular formula is C21H19ClN2O5. The van der Waals surface area contributed by atoms with E-state index in [2.05, 4.69) is 5.32 Å². The molecule has 8 heteroatoms. The van der Waals surface area contributed by atoms with Gasteiger partial charge in [-0.2, -0.15) is 0 Å². The van der Waals surface area contributed by atoms with Crippen LogP contribution < -0.4 is 10.1 Å². The standard InChI is InChI=1S/C21H19ClN2O5/c1-28-18-7-5-13(22)10-17(18)23-19(25)12-4-6-15-16(9-12)21(27)24(20(15)26)11-14-3-2-8-29-14/h4-7,9-10,14H,2-3,8,11H2,1H3,(H,23,25). The van der Waals surface area contributed by atoms with Crippen molar-refractivity contribution in [2.24, 2.45) is 0 Å². The van der Waals surface area contributed by atoms with Crippen LogP contribution in [-0.2, 0) is 4.74 Å². The number of nitrogens with one attached hydrogen (secondary N) is 1. The van der Waals surface area contributed by atoms with Gasteiger partial charge >= 0.3 is 0 Å². The Balaban J connectivity index is 1.56. The van der Waals surface area contributed by atoms with Gasteiger partial charge in [-0.1, -0.05) is 11.6 Å². The van der Waals surface area contributed by atoms with Crippen LogP contribution >= 0.6 is 11.6 Å². The monoisotopic (exact) mass is 414 g/mol. The maximum atomic E-state index is 12.8. The van der Waals surface area contributed by atoms with Crippen molar-refractivity contribution in [3.05, 3.63) is 58.1 Å². The number of amides is 3. The van der Waals surface area contributed by atoms with Crippen LogP contribution in [0.2, 0.25) is 5.02 Å². The van der Waals surface area contributed by atoms with E-state index in [0.717, 1.165) is 12.8 Å². The number of fused-ring (bicyclic) bond motifs is 1. The lowest BCUT2D eigenvalue weighted by atomic mass is 10.1. The van der Waals surface area contributed by atoms with E-state index in [1.807, 2.05) is 0 Å². The SMILES string of the molecule is COc1ccc(Cl)cc1NC(=O)c1ccc2c(c1)C(=O)N(CC1CCCO1)C2=O. The molecule has 0 bridgehead atoms. The molecule has 0 aromatic heterocycles. The Morgan fingerprint density at radius 2 is 2.00 bits per heavy atom. The first kappa shape index (κ1) is 19.4. The Morgan fingerprint density at radius 3 is 2.72 bits per heavy atom. The van der Waals surface area contributed by atoms with Crippen LogP contribution in [0.1, 0.15) is 43.9 Å².